The van der Waals surface area contributed by atoms with Crippen LogP contribution in [-0.2, 0) is 9.53 Å². The van der Waals surface area contributed by atoms with E-state index in [0.29, 0.717) is 17.8 Å². The number of unbranched alkanes of at least 4 members (excludes halogenated alkanes) is 1. The second-order valence-corrected chi connectivity index (χ2v) is 2.66. The number of carboxylic acid groups (broad SMARTS) is 1. The van der Waals surface area contributed by atoms with Crippen molar-refractivity contribution in [3.05, 3.63) is 11.3 Å². The maximum atomic E-state index is 10.5. The summed E-state index contributed by atoms with van der Waals surface area (Å²) in [5.74, 6) is -0.313. The van der Waals surface area contributed by atoms with Crippen LogP contribution in [0.2, 0.25) is 0 Å². The van der Waals surface area contributed by atoms with Crippen molar-refractivity contribution < 1.29 is 14.6 Å². The Morgan fingerprint density at radius 2 is 2.08 bits per heavy atom. The predicted octanol–water partition coefficient (Wildman–Crippen LogP) is 2.18. The van der Waals surface area contributed by atoms with Gasteiger partial charge in [-0.2, -0.15) is 0 Å². The van der Waals surface area contributed by atoms with Gasteiger partial charge >= 0.3 is 5.97 Å². The first-order chi connectivity index (χ1) is 5.63. The molecule has 70 valence electrons. The number of aliphatic carboxylic acids is 1. The van der Waals surface area contributed by atoms with E-state index in [1.54, 1.807) is 6.92 Å². The smallest absolute Gasteiger partial charge is 0.334 e. The van der Waals surface area contributed by atoms with Gasteiger partial charge in [0.2, 0.25) is 0 Å². The number of hydrogen-bond donors (Lipinski definition) is 1. The molecule has 0 saturated carbocycles. The Hall–Kier alpha value is -0.990. The lowest BCUT2D eigenvalue weighted by Gasteiger charge is -2.06. The Morgan fingerprint density at radius 3 is 2.42 bits per heavy atom. The van der Waals surface area contributed by atoms with Crippen LogP contribution in [0.15, 0.2) is 11.3 Å². The SMILES string of the molecule is CCCC/C(OC)=C(/C)C(=O)O. The lowest BCUT2D eigenvalue weighted by molar-refractivity contribution is -0.132. The van der Waals surface area contributed by atoms with Crippen LogP contribution in [-0.4, -0.2) is 18.2 Å². The van der Waals surface area contributed by atoms with Crippen molar-refractivity contribution in [1.29, 1.82) is 0 Å². The van der Waals surface area contributed by atoms with E-state index >= 15 is 0 Å². The van der Waals surface area contributed by atoms with Crippen molar-refractivity contribution in [2.45, 2.75) is 33.1 Å². The lowest BCUT2D eigenvalue weighted by Crippen LogP contribution is -2.02. The average Bonchev–Trinajstić information content (AvgIpc) is 2.05. The second kappa shape index (κ2) is 5.63. The van der Waals surface area contributed by atoms with E-state index in [-0.39, 0.29) is 0 Å². The largest absolute Gasteiger partial charge is 0.501 e. The topological polar surface area (TPSA) is 46.5 Å². The van der Waals surface area contributed by atoms with E-state index < -0.39 is 5.97 Å². The van der Waals surface area contributed by atoms with Crippen molar-refractivity contribution in [2.75, 3.05) is 7.11 Å². The van der Waals surface area contributed by atoms with Crippen LogP contribution in [0.5, 0.6) is 0 Å². The lowest BCUT2D eigenvalue weighted by atomic mass is 10.1. The Kier molecular flexibility index (Phi) is 5.17. The molecule has 0 saturated heterocycles. The minimum Gasteiger partial charge on any atom is -0.501 e. The molecular weight excluding hydrogens is 156 g/mol. The highest BCUT2D eigenvalue weighted by molar-refractivity contribution is 5.86. The second-order valence-electron chi connectivity index (χ2n) is 2.66. The van der Waals surface area contributed by atoms with Gasteiger partial charge in [-0.3, -0.25) is 0 Å². The van der Waals surface area contributed by atoms with Crippen LogP contribution < -0.4 is 0 Å². The number of allylic oxidation sites excluding steroid dienone is 1. The number of methoxy groups -OCH3 is 1. The molecule has 1 N–H and O–H groups in total. The molecule has 0 spiro atoms. The van der Waals surface area contributed by atoms with Gasteiger partial charge in [0.1, 0.15) is 5.76 Å². The van der Waals surface area contributed by atoms with Gasteiger partial charge in [-0.1, -0.05) is 13.3 Å². The number of hydrogen-bond acceptors (Lipinski definition) is 2. The highest BCUT2D eigenvalue weighted by Crippen LogP contribution is 2.12. The summed E-state index contributed by atoms with van der Waals surface area (Å²) in [6.07, 6.45) is 2.72. The van der Waals surface area contributed by atoms with E-state index in [1.807, 2.05) is 0 Å². The molecule has 0 aliphatic heterocycles. The molecule has 0 aromatic heterocycles. The normalized spacial score (nSPS) is 12.2. The molecule has 0 aliphatic carbocycles. The zero-order valence-electron chi connectivity index (χ0n) is 7.89. The first-order valence-electron chi connectivity index (χ1n) is 4.10. The molecule has 0 bridgehead atoms. The molecule has 0 unspecified atom stereocenters. The Morgan fingerprint density at radius 1 is 1.50 bits per heavy atom. The zero-order chi connectivity index (χ0) is 9.56. The van der Waals surface area contributed by atoms with E-state index in [1.165, 1.54) is 7.11 Å². The molecule has 0 amide bonds. The summed E-state index contributed by atoms with van der Waals surface area (Å²) in [6, 6.07) is 0. The Bertz CT molecular complexity index is 182. The number of rotatable bonds is 5. The summed E-state index contributed by atoms with van der Waals surface area (Å²) in [7, 11) is 1.51. The van der Waals surface area contributed by atoms with Crippen LogP contribution in [0.4, 0.5) is 0 Å². The third-order valence-electron chi connectivity index (χ3n) is 1.74. The van der Waals surface area contributed by atoms with Crippen molar-refractivity contribution in [1.82, 2.24) is 0 Å². The standard InChI is InChI=1S/C9H16O3/c1-4-5-6-8(12-3)7(2)9(10)11/h4-6H2,1-3H3,(H,10,11)/b8-7+. The predicted molar refractivity (Wildman–Crippen MR) is 46.9 cm³/mol. The fourth-order valence-electron chi connectivity index (χ4n) is 0.899. The summed E-state index contributed by atoms with van der Waals surface area (Å²) in [6.45, 7) is 3.63. The fraction of sp³-hybridized carbons (Fsp3) is 0.667. The summed E-state index contributed by atoms with van der Waals surface area (Å²) < 4.78 is 4.97. The van der Waals surface area contributed by atoms with Crippen LogP contribution in [0.25, 0.3) is 0 Å². The fourth-order valence-corrected chi connectivity index (χ4v) is 0.899. The molecule has 0 atom stereocenters. The minimum absolute atomic E-state index is 0.311. The maximum absolute atomic E-state index is 10.5. The van der Waals surface area contributed by atoms with Gasteiger partial charge in [0, 0.05) is 6.42 Å². The Balaban J connectivity index is 4.28. The van der Waals surface area contributed by atoms with Crippen molar-refractivity contribution in [3.63, 3.8) is 0 Å². The first kappa shape index (κ1) is 11.0. The maximum Gasteiger partial charge on any atom is 0.334 e. The molecule has 0 aliphatic rings. The molecule has 3 nitrogen and oxygen atoms in total. The molecule has 0 rings (SSSR count). The summed E-state index contributed by atoms with van der Waals surface area (Å²) in [4.78, 5) is 10.5. The van der Waals surface area contributed by atoms with Gasteiger partial charge < -0.3 is 9.84 Å². The highest BCUT2D eigenvalue weighted by Gasteiger charge is 2.08. The third kappa shape index (κ3) is 3.42. The molecule has 12 heavy (non-hydrogen) atoms. The number of carboxylic acids is 1. The summed E-state index contributed by atoms with van der Waals surface area (Å²) in [5.41, 5.74) is 0.311. The van der Waals surface area contributed by atoms with Gasteiger partial charge in [0.15, 0.2) is 0 Å². The molecule has 0 aromatic rings. The molecule has 0 heterocycles. The quantitative estimate of drug-likeness (QED) is 0.510. The van der Waals surface area contributed by atoms with E-state index in [2.05, 4.69) is 6.92 Å². The molecule has 0 aromatic carbocycles. The van der Waals surface area contributed by atoms with E-state index in [0.717, 1.165) is 12.8 Å². The van der Waals surface area contributed by atoms with Crippen LogP contribution in [0.1, 0.15) is 33.1 Å². The van der Waals surface area contributed by atoms with Gasteiger partial charge in [-0.05, 0) is 13.3 Å². The van der Waals surface area contributed by atoms with Crippen molar-refractivity contribution >= 4 is 5.97 Å². The summed E-state index contributed by atoms with van der Waals surface area (Å²) >= 11 is 0. The summed E-state index contributed by atoms with van der Waals surface area (Å²) in [5, 5.41) is 8.64. The zero-order valence-corrected chi connectivity index (χ0v) is 7.89. The monoisotopic (exact) mass is 172 g/mol. The van der Waals surface area contributed by atoms with Crippen molar-refractivity contribution in [3.8, 4) is 0 Å². The third-order valence-corrected chi connectivity index (χ3v) is 1.74. The average molecular weight is 172 g/mol. The van der Waals surface area contributed by atoms with E-state index in [4.69, 9.17) is 9.84 Å². The van der Waals surface area contributed by atoms with Crippen LogP contribution in [0.3, 0.4) is 0 Å². The molecule has 3 heteroatoms. The number of ether oxygens (including phenoxy) is 1. The van der Waals surface area contributed by atoms with Gasteiger partial charge in [-0.25, -0.2) is 4.79 Å². The van der Waals surface area contributed by atoms with Gasteiger partial charge in [0.25, 0.3) is 0 Å². The van der Waals surface area contributed by atoms with Gasteiger partial charge in [0.05, 0.1) is 12.7 Å². The number of carbonyl (C=O) groups is 1. The van der Waals surface area contributed by atoms with Crippen LogP contribution in [0, 0.1) is 0 Å². The first-order valence-corrected chi connectivity index (χ1v) is 4.10. The van der Waals surface area contributed by atoms with Crippen LogP contribution >= 0.6 is 0 Å². The minimum atomic E-state index is -0.900. The van der Waals surface area contributed by atoms with Gasteiger partial charge in [-0.15, -0.1) is 0 Å². The molecule has 0 fully saturated rings. The van der Waals surface area contributed by atoms with Crippen molar-refractivity contribution in [2.24, 2.45) is 0 Å². The molecule has 0 radical (unpaired) electrons. The Labute approximate surface area is 73.0 Å². The molecular formula is C9H16O3. The highest BCUT2D eigenvalue weighted by atomic mass is 16.5. The van der Waals surface area contributed by atoms with E-state index in [9.17, 15) is 4.79 Å².